The number of nitrogens with one attached hydrogen (secondary N) is 1. The van der Waals surface area contributed by atoms with Crippen molar-refractivity contribution in [2.45, 2.75) is 30.4 Å². The van der Waals surface area contributed by atoms with Crippen molar-refractivity contribution >= 4 is 31.9 Å². The maximum atomic E-state index is 11.9. The van der Waals surface area contributed by atoms with Gasteiger partial charge in [-0.2, -0.15) is 0 Å². The van der Waals surface area contributed by atoms with E-state index in [4.69, 9.17) is 0 Å². The Morgan fingerprint density at radius 3 is 2.62 bits per heavy atom. The fourth-order valence-corrected chi connectivity index (χ4v) is 4.05. The average Bonchev–Trinajstić information content (AvgIpc) is 2.54. The van der Waals surface area contributed by atoms with Crippen LogP contribution in [0.4, 0.5) is 0 Å². The molecule has 0 aliphatic carbocycles. The first-order valence-electron chi connectivity index (χ1n) is 5.14. The molecule has 94 valence electrons. The molecule has 0 bridgehead atoms. The molecule has 5 nitrogen and oxygen atoms in total. The van der Waals surface area contributed by atoms with Crippen LogP contribution in [0, 0.1) is 0 Å². The normalized spacial score (nSPS) is 27.9. The lowest BCUT2D eigenvalue weighted by atomic mass is 9.97. The van der Waals surface area contributed by atoms with Gasteiger partial charge in [0, 0.05) is 11.9 Å². The Hall–Kier alpha value is -0.140. The second-order valence-corrected chi connectivity index (χ2v) is 6.65. The van der Waals surface area contributed by atoms with Crippen LogP contribution in [0.3, 0.4) is 0 Å². The minimum absolute atomic E-state index is 0.296. The highest BCUT2D eigenvalue weighted by molar-refractivity contribution is 9.09. The third kappa shape index (κ3) is 2.41. The number of carbonyl (C=O) groups excluding carboxylic acids is 1. The molecule has 0 aromatic rings. The Morgan fingerprint density at radius 1 is 1.50 bits per heavy atom. The molecule has 1 saturated heterocycles. The third-order valence-electron chi connectivity index (χ3n) is 2.86. The number of carbonyl (C=O) groups is 1. The molecule has 1 heterocycles. The highest BCUT2D eigenvalue weighted by Crippen LogP contribution is 2.33. The van der Waals surface area contributed by atoms with Gasteiger partial charge in [-0.25, -0.2) is 13.1 Å². The van der Waals surface area contributed by atoms with Gasteiger partial charge >= 0.3 is 5.97 Å². The van der Waals surface area contributed by atoms with Gasteiger partial charge in [-0.05, 0) is 19.3 Å². The molecule has 1 unspecified atom stereocenters. The van der Waals surface area contributed by atoms with E-state index in [-0.39, 0.29) is 0 Å². The van der Waals surface area contributed by atoms with Gasteiger partial charge in [-0.3, -0.25) is 4.79 Å². The molecule has 16 heavy (non-hydrogen) atoms. The van der Waals surface area contributed by atoms with Gasteiger partial charge < -0.3 is 4.74 Å². The number of unbranched alkanes of at least 4 members (excludes halogenated alkanes) is 1. The second-order valence-electron chi connectivity index (χ2n) is 3.78. The maximum Gasteiger partial charge on any atom is 0.328 e. The number of methoxy groups -OCH3 is 1. The third-order valence-corrected chi connectivity index (χ3v) is 5.61. The summed E-state index contributed by atoms with van der Waals surface area (Å²) in [4.78, 5) is 11.7. The van der Waals surface area contributed by atoms with Gasteiger partial charge in [-0.1, -0.05) is 22.4 Å². The molecule has 1 N–H and O–H groups in total. The molecule has 7 heteroatoms. The highest BCUT2D eigenvalue weighted by Gasteiger charge is 2.54. The number of esters is 1. The van der Waals surface area contributed by atoms with Crippen LogP contribution in [0.15, 0.2) is 0 Å². The first-order valence-corrected chi connectivity index (χ1v) is 7.74. The van der Waals surface area contributed by atoms with Crippen LogP contribution in [0.2, 0.25) is 0 Å². The van der Waals surface area contributed by atoms with E-state index in [0.29, 0.717) is 25.8 Å². The fraction of sp³-hybridized carbons (Fsp3) is 0.889. The number of hydrogen-bond donors (Lipinski definition) is 1. The van der Waals surface area contributed by atoms with Crippen molar-refractivity contribution in [1.82, 2.24) is 4.72 Å². The van der Waals surface area contributed by atoms with Gasteiger partial charge in [0.25, 0.3) is 0 Å². The van der Waals surface area contributed by atoms with Crippen LogP contribution in [-0.4, -0.2) is 38.1 Å². The predicted molar refractivity (Wildman–Crippen MR) is 63.9 cm³/mol. The number of sulfonamides is 1. The lowest BCUT2D eigenvalue weighted by Crippen LogP contribution is -2.46. The molecule has 1 fully saturated rings. The van der Waals surface area contributed by atoms with Crippen LogP contribution in [0.1, 0.15) is 25.7 Å². The van der Waals surface area contributed by atoms with Crippen LogP contribution in [0.5, 0.6) is 0 Å². The second kappa shape index (κ2) is 5.46. The summed E-state index contributed by atoms with van der Waals surface area (Å²) in [7, 11) is -2.36. The summed E-state index contributed by atoms with van der Waals surface area (Å²) in [5.41, 5.74) is 0. The van der Waals surface area contributed by atoms with Crippen LogP contribution in [-0.2, 0) is 19.6 Å². The summed E-state index contributed by atoms with van der Waals surface area (Å²) < 4.78 is 29.4. The Bertz CT molecular complexity index is 357. The Morgan fingerprint density at radius 2 is 2.19 bits per heavy atom. The molecule has 0 saturated carbocycles. The van der Waals surface area contributed by atoms with Crippen molar-refractivity contribution in [2.24, 2.45) is 0 Å². The molecule has 1 rings (SSSR count). The van der Waals surface area contributed by atoms with Crippen molar-refractivity contribution < 1.29 is 17.9 Å². The number of alkyl halides is 1. The Labute approximate surface area is 104 Å². The summed E-state index contributed by atoms with van der Waals surface area (Å²) in [5, 5.41) is 0.803. The van der Waals surface area contributed by atoms with Gasteiger partial charge in [0.1, 0.15) is 0 Å². The van der Waals surface area contributed by atoms with Crippen LogP contribution >= 0.6 is 15.9 Å². The molecule has 1 atom stereocenters. The summed E-state index contributed by atoms with van der Waals surface area (Å²) >= 11 is 3.28. The molecule has 0 radical (unpaired) electrons. The molecule has 0 aromatic heterocycles. The number of hydrogen-bond acceptors (Lipinski definition) is 4. The van der Waals surface area contributed by atoms with E-state index in [2.05, 4.69) is 25.4 Å². The average molecular weight is 314 g/mol. The van der Waals surface area contributed by atoms with Gasteiger partial charge in [0.05, 0.1) is 7.11 Å². The Kier molecular flexibility index (Phi) is 4.75. The zero-order valence-corrected chi connectivity index (χ0v) is 11.6. The topological polar surface area (TPSA) is 72.5 Å². The minimum atomic E-state index is -3.58. The van der Waals surface area contributed by atoms with Crippen molar-refractivity contribution in [3.63, 3.8) is 0 Å². The highest BCUT2D eigenvalue weighted by atomic mass is 79.9. The molecule has 0 amide bonds. The summed E-state index contributed by atoms with van der Waals surface area (Å²) in [6.07, 6.45) is 2.14. The number of rotatable bonds is 5. The quantitative estimate of drug-likeness (QED) is 0.462. The van der Waals surface area contributed by atoms with E-state index < -0.39 is 20.7 Å². The molecule has 1 aliphatic heterocycles. The lowest BCUT2D eigenvalue weighted by molar-refractivity contribution is -0.144. The molecular formula is C9H16BrNO4S. The van der Waals surface area contributed by atoms with Crippen LogP contribution in [0.25, 0.3) is 0 Å². The lowest BCUT2D eigenvalue weighted by Gasteiger charge is -2.23. The zero-order chi connectivity index (χ0) is 12.2. The fourth-order valence-electron chi connectivity index (χ4n) is 1.92. The predicted octanol–water partition coefficient (Wildman–Crippen LogP) is 0.786. The van der Waals surface area contributed by atoms with Crippen molar-refractivity contribution in [3.8, 4) is 0 Å². The number of ether oxygens (including phenoxy) is 1. The summed E-state index contributed by atoms with van der Waals surface area (Å²) in [6.45, 7) is 0.311. The largest absolute Gasteiger partial charge is 0.468 e. The van der Waals surface area contributed by atoms with E-state index in [1.54, 1.807) is 0 Å². The van der Waals surface area contributed by atoms with Gasteiger partial charge in [0.15, 0.2) is 4.75 Å². The van der Waals surface area contributed by atoms with Gasteiger partial charge in [0.2, 0.25) is 10.0 Å². The first-order chi connectivity index (χ1) is 7.50. The van der Waals surface area contributed by atoms with E-state index in [1.807, 2.05) is 0 Å². The van der Waals surface area contributed by atoms with E-state index in [1.165, 1.54) is 7.11 Å². The molecule has 1 aliphatic rings. The standard InChI is InChI=1S/C9H16BrNO4S/c1-15-8(12)9(4-2-3-6-10)5-7-11-16(9,13)14/h11H,2-7H2,1H3. The summed E-state index contributed by atoms with van der Waals surface area (Å²) in [5.74, 6) is -0.646. The van der Waals surface area contributed by atoms with Crippen molar-refractivity contribution in [3.05, 3.63) is 0 Å². The van der Waals surface area contributed by atoms with E-state index >= 15 is 0 Å². The number of halogens is 1. The van der Waals surface area contributed by atoms with Crippen molar-refractivity contribution in [1.29, 1.82) is 0 Å². The molecule has 0 spiro atoms. The first kappa shape index (κ1) is 13.9. The monoisotopic (exact) mass is 313 g/mol. The molecular weight excluding hydrogens is 298 g/mol. The minimum Gasteiger partial charge on any atom is -0.468 e. The van der Waals surface area contributed by atoms with Crippen LogP contribution < -0.4 is 4.72 Å². The maximum absolute atomic E-state index is 11.9. The summed E-state index contributed by atoms with van der Waals surface area (Å²) in [6, 6.07) is 0. The Balaban J connectivity index is 2.90. The van der Waals surface area contributed by atoms with E-state index in [9.17, 15) is 13.2 Å². The molecule has 0 aromatic carbocycles. The SMILES string of the molecule is COC(=O)C1(CCCCBr)CCNS1(=O)=O. The van der Waals surface area contributed by atoms with E-state index in [0.717, 1.165) is 11.8 Å². The van der Waals surface area contributed by atoms with Gasteiger partial charge in [-0.15, -0.1) is 0 Å². The smallest absolute Gasteiger partial charge is 0.328 e. The van der Waals surface area contributed by atoms with Crippen molar-refractivity contribution in [2.75, 3.05) is 19.0 Å². The zero-order valence-electron chi connectivity index (χ0n) is 9.16.